The van der Waals surface area contributed by atoms with Gasteiger partial charge in [-0.2, -0.15) is 33.7 Å². The fraction of sp³-hybridized carbons (Fsp3) is 0.885. The first-order valence-corrected chi connectivity index (χ1v) is 23.2. The van der Waals surface area contributed by atoms with E-state index < -0.39 is 195 Å². The molecule has 0 aliphatic carbocycles. The second-order valence-electron chi connectivity index (χ2n) is 14.0. The zero-order valence-corrected chi connectivity index (χ0v) is 35.7. The first-order valence-electron chi connectivity index (χ1n) is 17.7. The molecular formula is C26H41NO35S4. The molecule has 0 radical (unpaired) electrons. The number of carbonyl (C=O) groups is 3. The Morgan fingerprint density at radius 3 is 1.48 bits per heavy atom. The zero-order valence-electron chi connectivity index (χ0n) is 32.4. The third-order valence-corrected chi connectivity index (χ3v) is 11.2. The van der Waals surface area contributed by atoms with E-state index in [2.05, 4.69) is 26.8 Å². The van der Waals surface area contributed by atoms with Crippen molar-refractivity contribution in [3.05, 3.63) is 0 Å². The molecule has 0 bridgehead atoms. The Bertz CT molecular complexity index is 2180. The molecule has 4 aliphatic heterocycles. The van der Waals surface area contributed by atoms with E-state index in [0.717, 1.165) is 6.92 Å². The first kappa shape index (κ1) is 55.9. The van der Waals surface area contributed by atoms with Crippen LogP contribution in [0.25, 0.3) is 0 Å². The van der Waals surface area contributed by atoms with Crippen LogP contribution in [0.2, 0.25) is 0 Å². The van der Waals surface area contributed by atoms with Gasteiger partial charge in [0.15, 0.2) is 49.6 Å². The van der Waals surface area contributed by atoms with Gasteiger partial charge in [0.25, 0.3) is 0 Å². The lowest BCUT2D eigenvalue weighted by Crippen LogP contribution is -2.69. The van der Waals surface area contributed by atoms with Crippen LogP contribution >= 0.6 is 0 Å². The van der Waals surface area contributed by atoms with Gasteiger partial charge < -0.3 is 84.4 Å². The summed E-state index contributed by atoms with van der Waals surface area (Å²) < 4.78 is 185. The third-order valence-electron chi connectivity index (χ3n) is 9.37. The molecule has 0 aromatic rings. The summed E-state index contributed by atoms with van der Waals surface area (Å²) in [5.74, 6) is -5.29. The highest BCUT2D eigenvalue weighted by atomic mass is 32.3. The smallest absolute Gasteiger partial charge is 0.397 e. The third kappa shape index (κ3) is 14.4. The second kappa shape index (κ2) is 21.5. The summed E-state index contributed by atoms with van der Waals surface area (Å²) in [6.07, 6.45) is -49.4. The summed E-state index contributed by atoms with van der Waals surface area (Å²) in [6, 6.07) is -1.93. The molecule has 40 heteroatoms. The number of carboxylic acids is 2. The number of aliphatic carboxylic acids is 2. The SMILES string of the molecule is CC(=O)N[C@H]1[C@@H](O[C@H]2[C@H](O)[C@@H](O)[C@H](O[C@H]3[C@H](OS(=O)(=O)O)[C@@H](OS(=O)(=O)O)[C@@H](O[C@H]4[C@H](O)[C@@H](OS(=O)(=O)O)C(O)O[C@H]4C(=O)O)O[C@@H]3CO)O[C@@H]2C(=O)O)O[C@H](COS(=O)(=O)O)[C@@H](O)[C@@H]1O. The second-order valence-corrected chi connectivity index (χ2v) is 18.2. The van der Waals surface area contributed by atoms with Crippen LogP contribution in [0.3, 0.4) is 0 Å². The minimum absolute atomic E-state index is 0.866. The van der Waals surface area contributed by atoms with Crippen LogP contribution in [0, 0.1) is 0 Å². The first-order chi connectivity index (χ1) is 30.1. The van der Waals surface area contributed by atoms with Crippen molar-refractivity contribution in [2.24, 2.45) is 0 Å². The Balaban J connectivity index is 1.72. The minimum Gasteiger partial charge on any atom is -0.479 e. The number of hydrogen-bond donors (Lipinski definition) is 14. The Hall–Kier alpha value is -2.67. The largest absolute Gasteiger partial charge is 0.479 e. The maximum absolute atomic E-state index is 12.5. The van der Waals surface area contributed by atoms with Gasteiger partial charge in [-0.05, 0) is 0 Å². The maximum Gasteiger partial charge on any atom is 0.397 e. The molecule has 0 saturated carbocycles. The highest BCUT2D eigenvalue weighted by molar-refractivity contribution is 7.81. The van der Waals surface area contributed by atoms with E-state index >= 15 is 0 Å². The molecule has 14 N–H and O–H groups in total. The molecule has 66 heavy (non-hydrogen) atoms. The van der Waals surface area contributed by atoms with E-state index in [9.17, 15) is 103 Å². The summed E-state index contributed by atoms with van der Waals surface area (Å²) in [6.45, 7) is -1.95. The summed E-state index contributed by atoms with van der Waals surface area (Å²) in [4.78, 5) is 36.5. The summed E-state index contributed by atoms with van der Waals surface area (Å²) in [5, 5.41) is 96.6. The number of ether oxygens (including phenoxy) is 7. The van der Waals surface area contributed by atoms with Crippen molar-refractivity contribution in [2.45, 2.75) is 130 Å². The Morgan fingerprint density at radius 2 is 0.985 bits per heavy atom. The van der Waals surface area contributed by atoms with Crippen molar-refractivity contribution >= 4 is 59.4 Å². The molecule has 1 amide bonds. The molecule has 0 aromatic carbocycles. The predicted octanol–water partition coefficient (Wildman–Crippen LogP) is -10.1. The van der Waals surface area contributed by atoms with Crippen LogP contribution in [0.15, 0.2) is 0 Å². The van der Waals surface area contributed by atoms with Crippen molar-refractivity contribution < 1.29 is 162 Å². The lowest BCUT2D eigenvalue weighted by Gasteiger charge is -2.49. The van der Waals surface area contributed by atoms with E-state index in [1.807, 2.05) is 0 Å². The zero-order chi connectivity index (χ0) is 50.2. The van der Waals surface area contributed by atoms with Crippen LogP contribution < -0.4 is 5.32 Å². The van der Waals surface area contributed by atoms with E-state index in [1.165, 1.54) is 0 Å². The van der Waals surface area contributed by atoms with Crippen LogP contribution in [-0.4, -0.2) is 252 Å². The van der Waals surface area contributed by atoms with Gasteiger partial charge in [-0.1, -0.05) is 0 Å². The quantitative estimate of drug-likeness (QED) is 0.0534. The summed E-state index contributed by atoms with van der Waals surface area (Å²) in [7, 11) is -22.9. The normalized spacial score (nSPS) is 40.6. The topological polar surface area (TPSA) is 564 Å². The molecule has 4 aliphatic rings. The van der Waals surface area contributed by atoms with Crippen molar-refractivity contribution in [3.63, 3.8) is 0 Å². The number of aliphatic hydroxyl groups is 7. The van der Waals surface area contributed by atoms with Gasteiger partial charge in [-0.3, -0.25) is 23.0 Å². The number of carboxylic acid groups (broad SMARTS) is 2. The van der Waals surface area contributed by atoms with Gasteiger partial charge in [0, 0.05) is 6.92 Å². The van der Waals surface area contributed by atoms with E-state index in [-0.39, 0.29) is 0 Å². The molecule has 4 heterocycles. The van der Waals surface area contributed by atoms with Crippen molar-refractivity contribution in [2.75, 3.05) is 13.2 Å². The monoisotopic (exact) mass is 1060 g/mol. The lowest BCUT2D eigenvalue weighted by molar-refractivity contribution is -0.375. The summed E-state index contributed by atoms with van der Waals surface area (Å²) in [5.41, 5.74) is 0. The predicted molar refractivity (Wildman–Crippen MR) is 188 cm³/mol. The number of amides is 1. The molecule has 0 aromatic heterocycles. The van der Waals surface area contributed by atoms with Crippen molar-refractivity contribution in [1.82, 2.24) is 5.32 Å². The van der Waals surface area contributed by atoms with Crippen molar-refractivity contribution in [1.29, 1.82) is 0 Å². The van der Waals surface area contributed by atoms with E-state index in [4.69, 9.17) is 37.5 Å². The lowest BCUT2D eigenvalue weighted by atomic mass is 9.95. The average molecular weight is 1060 g/mol. The minimum atomic E-state index is -6.01. The van der Waals surface area contributed by atoms with Gasteiger partial charge in [0.1, 0.15) is 73.2 Å². The highest BCUT2D eigenvalue weighted by Gasteiger charge is 2.60. The molecule has 384 valence electrons. The molecule has 1 unspecified atom stereocenters. The van der Waals surface area contributed by atoms with Crippen LogP contribution in [0.1, 0.15) is 6.92 Å². The van der Waals surface area contributed by atoms with Crippen molar-refractivity contribution in [3.8, 4) is 0 Å². The fourth-order valence-electron chi connectivity index (χ4n) is 6.72. The molecule has 36 nitrogen and oxygen atoms in total. The van der Waals surface area contributed by atoms with Gasteiger partial charge in [-0.15, -0.1) is 0 Å². The standard InChI is InChI=1S/C26H41NO35S4/c1-4(29)27-7-9(31)8(30)6(3-52-63(40,41)42)54-24(7)57-14-10(32)11(33)25(59-19(14)22(37)38)56-13-5(2-28)53-26(20(62-66(49,50)51)17(13)61-65(46,47)48)58-15-12(34)16(60-64(43,44)45)23(39)55-18(15)21(35)36/h5-20,23-26,28,30-34,39H,2-3H2,1H3,(H,27,29)(H,35,36)(H,37,38)(H,40,41,42)(H,43,44,45)(H,46,47,48)(H,49,50,51)/t5-,6-,7-,8-,9-,10-,11-,12+,13-,14+,15+,16-,17+,18-,19+,20-,23?,24-,25-,26-/m1/s1. The van der Waals surface area contributed by atoms with Gasteiger partial charge in [-0.25, -0.2) is 26.3 Å². The number of carbonyl (C=O) groups excluding carboxylic acids is 1. The molecule has 20 atom stereocenters. The van der Waals surface area contributed by atoms with Gasteiger partial charge in [0.05, 0.1) is 13.2 Å². The van der Waals surface area contributed by atoms with Gasteiger partial charge in [0.2, 0.25) is 5.91 Å². The number of nitrogens with one attached hydrogen (secondary N) is 1. The van der Waals surface area contributed by atoms with Crippen LogP contribution in [-0.2, 0) is 106 Å². The van der Waals surface area contributed by atoms with E-state index in [1.54, 1.807) is 0 Å². The number of hydrogen-bond acceptors (Lipinski definition) is 29. The molecule has 4 fully saturated rings. The number of aliphatic hydroxyl groups excluding tert-OH is 7. The van der Waals surface area contributed by atoms with Gasteiger partial charge >= 0.3 is 53.5 Å². The summed E-state index contributed by atoms with van der Waals surface area (Å²) >= 11 is 0. The molecular weight excluding hydrogens is 1010 g/mol. The average Bonchev–Trinajstić information content (AvgIpc) is 3.15. The Morgan fingerprint density at radius 1 is 0.515 bits per heavy atom. The Labute approximate surface area is 369 Å². The maximum atomic E-state index is 12.5. The Kier molecular flexibility index (Phi) is 18.3. The fourth-order valence-corrected chi connectivity index (χ4v) is 8.50. The molecule has 0 spiro atoms. The van der Waals surface area contributed by atoms with Crippen LogP contribution in [0.5, 0.6) is 0 Å². The van der Waals surface area contributed by atoms with Crippen LogP contribution in [0.4, 0.5) is 0 Å². The molecule has 4 saturated heterocycles. The number of rotatable bonds is 19. The molecule has 4 rings (SSSR count). The van der Waals surface area contributed by atoms with E-state index in [0.29, 0.717) is 0 Å². The highest BCUT2D eigenvalue weighted by Crippen LogP contribution is 2.37.